The zero-order chi connectivity index (χ0) is 12.3. The predicted molar refractivity (Wildman–Crippen MR) is 69.0 cm³/mol. The van der Waals surface area contributed by atoms with Crippen LogP contribution in [-0.4, -0.2) is 55.1 Å². The molecule has 2 fully saturated rings. The Bertz CT molecular complexity index is 263. The summed E-state index contributed by atoms with van der Waals surface area (Å²) in [6.45, 7) is 6.16. The summed E-state index contributed by atoms with van der Waals surface area (Å²) in [5.74, 6) is 0.658. The fraction of sp³-hybridized carbons (Fsp3) is 0.923. The molecule has 0 aromatic heterocycles. The van der Waals surface area contributed by atoms with E-state index < -0.39 is 0 Å². The van der Waals surface area contributed by atoms with Gasteiger partial charge >= 0.3 is 6.03 Å². The van der Waals surface area contributed by atoms with Gasteiger partial charge < -0.3 is 15.1 Å². The van der Waals surface area contributed by atoms with Crippen LogP contribution in [0.4, 0.5) is 4.79 Å². The molecule has 0 aromatic rings. The minimum atomic E-state index is 0.227. The highest BCUT2D eigenvalue weighted by molar-refractivity contribution is 5.74. The molecule has 2 saturated heterocycles. The number of urea groups is 1. The van der Waals surface area contributed by atoms with Crippen molar-refractivity contribution in [3.8, 4) is 0 Å². The third-order valence-corrected chi connectivity index (χ3v) is 4.05. The van der Waals surface area contributed by atoms with Crippen LogP contribution in [0.25, 0.3) is 0 Å². The first-order valence-electron chi connectivity index (χ1n) is 6.91. The van der Waals surface area contributed by atoms with E-state index >= 15 is 0 Å². The van der Waals surface area contributed by atoms with Crippen LogP contribution in [0.3, 0.4) is 0 Å². The number of likely N-dealkylation sites (tertiary alicyclic amines) is 1. The monoisotopic (exact) mass is 239 g/mol. The number of piperidine rings is 2. The smallest absolute Gasteiger partial charge is 0.320 e. The maximum Gasteiger partial charge on any atom is 0.320 e. The normalized spacial score (nSPS) is 30.1. The molecule has 2 unspecified atom stereocenters. The molecular weight excluding hydrogens is 214 g/mol. The summed E-state index contributed by atoms with van der Waals surface area (Å²) in [4.78, 5) is 16.3. The zero-order valence-electron chi connectivity index (χ0n) is 11.1. The topological polar surface area (TPSA) is 35.6 Å². The van der Waals surface area contributed by atoms with Crippen molar-refractivity contribution in [3.63, 3.8) is 0 Å². The molecule has 1 N–H and O–H groups in total. The minimum absolute atomic E-state index is 0.227. The molecule has 2 aliphatic heterocycles. The standard InChI is InChI=1S/C13H25N3O/c1-11-5-4-8-16(10-11)13(17)15(2)12-6-3-7-14-9-12/h11-12,14H,3-10H2,1-2H3. The van der Waals surface area contributed by atoms with Gasteiger partial charge in [0.15, 0.2) is 0 Å². The first-order chi connectivity index (χ1) is 8.18. The highest BCUT2D eigenvalue weighted by atomic mass is 16.2. The van der Waals surface area contributed by atoms with Crippen molar-refractivity contribution in [2.45, 2.75) is 38.6 Å². The van der Waals surface area contributed by atoms with E-state index in [0.717, 1.165) is 39.0 Å². The van der Waals surface area contributed by atoms with Gasteiger partial charge in [-0.15, -0.1) is 0 Å². The predicted octanol–water partition coefficient (Wildman–Crippen LogP) is 1.52. The van der Waals surface area contributed by atoms with E-state index in [9.17, 15) is 4.79 Å². The number of carbonyl (C=O) groups is 1. The van der Waals surface area contributed by atoms with Gasteiger partial charge in [0, 0.05) is 32.7 Å². The van der Waals surface area contributed by atoms with Crippen LogP contribution in [0.15, 0.2) is 0 Å². The van der Waals surface area contributed by atoms with Crippen LogP contribution >= 0.6 is 0 Å². The quantitative estimate of drug-likeness (QED) is 0.753. The molecule has 2 heterocycles. The SMILES string of the molecule is CC1CCCN(C(=O)N(C)C2CCCNC2)C1. The Morgan fingerprint density at radius 1 is 1.35 bits per heavy atom. The third kappa shape index (κ3) is 3.12. The van der Waals surface area contributed by atoms with Gasteiger partial charge in [-0.05, 0) is 38.1 Å². The molecule has 0 spiro atoms. The van der Waals surface area contributed by atoms with Crippen molar-refractivity contribution >= 4 is 6.03 Å². The van der Waals surface area contributed by atoms with Crippen molar-refractivity contribution in [1.82, 2.24) is 15.1 Å². The summed E-state index contributed by atoms with van der Waals surface area (Å²) in [5, 5.41) is 3.37. The summed E-state index contributed by atoms with van der Waals surface area (Å²) in [7, 11) is 1.96. The highest BCUT2D eigenvalue weighted by Crippen LogP contribution is 2.18. The second-order valence-electron chi connectivity index (χ2n) is 5.59. The maximum atomic E-state index is 12.4. The van der Waals surface area contributed by atoms with Crippen LogP contribution < -0.4 is 5.32 Å². The van der Waals surface area contributed by atoms with Gasteiger partial charge in [-0.3, -0.25) is 0 Å². The molecule has 4 nitrogen and oxygen atoms in total. The van der Waals surface area contributed by atoms with E-state index in [0.29, 0.717) is 12.0 Å². The van der Waals surface area contributed by atoms with Gasteiger partial charge in [0.25, 0.3) is 0 Å². The Morgan fingerprint density at radius 2 is 2.18 bits per heavy atom. The molecule has 2 rings (SSSR count). The average Bonchev–Trinajstić information content (AvgIpc) is 2.38. The van der Waals surface area contributed by atoms with Gasteiger partial charge in [0.05, 0.1) is 0 Å². The number of hydrogen-bond acceptors (Lipinski definition) is 2. The van der Waals surface area contributed by atoms with E-state index in [1.54, 1.807) is 0 Å². The summed E-state index contributed by atoms with van der Waals surface area (Å²) in [6, 6.07) is 0.610. The first-order valence-corrected chi connectivity index (χ1v) is 6.91. The molecule has 0 bridgehead atoms. The molecule has 98 valence electrons. The Morgan fingerprint density at radius 3 is 2.82 bits per heavy atom. The Balaban J connectivity index is 1.89. The van der Waals surface area contributed by atoms with Gasteiger partial charge in [-0.1, -0.05) is 6.92 Å². The van der Waals surface area contributed by atoms with Crippen molar-refractivity contribution < 1.29 is 4.79 Å². The lowest BCUT2D eigenvalue weighted by Crippen LogP contribution is -2.53. The second kappa shape index (κ2) is 5.71. The fourth-order valence-corrected chi connectivity index (χ4v) is 2.91. The molecule has 2 aliphatic rings. The van der Waals surface area contributed by atoms with Crippen LogP contribution in [0, 0.1) is 5.92 Å². The molecule has 0 saturated carbocycles. The molecule has 17 heavy (non-hydrogen) atoms. The second-order valence-corrected chi connectivity index (χ2v) is 5.59. The molecule has 0 radical (unpaired) electrons. The zero-order valence-corrected chi connectivity index (χ0v) is 11.1. The third-order valence-electron chi connectivity index (χ3n) is 4.05. The van der Waals surface area contributed by atoms with Gasteiger partial charge in [-0.25, -0.2) is 4.79 Å². The number of rotatable bonds is 1. The van der Waals surface area contributed by atoms with Gasteiger partial charge in [0.1, 0.15) is 0 Å². The summed E-state index contributed by atoms with van der Waals surface area (Å²) in [5.41, 5.74) is 0. The van der Waals surface area contributed by atoms with Gasteiger partial charge in [-0.2, -0.15) is 0 Å². The molecule has 0 aliphatic carbocycles. The number of likely N-dealkylation sites (N-methyl/N-ethyl adjacent to an activating group) is 1. The number of nitrogens with one attached hydrogen (secondary N) is 1. The summed E-state index contributed by atoms with van der Waals surface area (Å²) in [6.07, 6.45) is 4.74. The Labute approximate surface area is 104 Å². The van der Waals surface area contributed by atoms with Crippen molar-refractivity contribution in [2.75, 3.05) is 33.2 Å². The molecular formula is C13H25N3O. The minimum Gasteiger partial charge on any atom is -0.324 e. The number of carbonyl (C=O) groups excluding carboxylic acids is 1. The van der Waals surface area contributed by atoms with Crippen LogP contribution in [0.2, 0.25) is 0 Å². The van der Waals surface area contributed by atoms with Crippen molar-refractivity contribution in [3.05, 3.63) is 0 Å². The Kier molecular flexibility index (Phi) is 4.26. The van der Waals surface area contributed by atoms with E-state index in [1.165, 1.54) is 12.8 Å². The lowest BCUT2D eigenvalue weighted by Gasteiger charge is -2.38. The lowest BCUT2D eigenvalue weighted by molar-refractivity contribution is 0.119. The van der Waals surface area contributed by atoms with Crippen LogP contribution in [-0.2, 0) is 0 Å². The molecule has 0 aromatic carbocycles. The van der Waals surface area contributed by atoms with E-state index in [2.05, 4.69) is 12.2 Å². The average molecular weight is 239 g/mol. The molecule has 4 heteroatoms. The maximum absolute atomic E-state index is 12.4. The van der Waals surface area contributed by atoms with Crippen molar-refractivity contribution in [1.29, 1.82) is 0 Å². The highest BCUT2D eigenvalue weighted by Gasteiger charge is 2.28. The number of hydrogen-bond donors (Lipinski definition) is 1. The Hall–Kier alpha value is -0.770. The van der Waals surface area contributed by atoms with Crippen molar-refractivity contribution in [2.24, 2.45) is 5.92 Å². The van der Waals surface area contributed by atoms with E-state index in [1.807, 2.05) is 16.8 Å². The van der Waals surface area contributed by atoms with Gasteiger partial charge in [0.2, 0.25) is 0 Å². The number of nitrogens with zero attached hydrogens (tertiary/aromatic N) is 2. The molecule has 2 atom stereocenters. The largest absolute Gasteiger partial charge is 0.324 e. The van der Waals surface area contributed by atoms with E-state index in [-0.39, 0.29) is 6.03 Å². The van der Waals surface area contributed by atoms with E-state index in [4.69, 9.17) is 0 Å². The van der Waals surface area contributed by atoms with Crippen LogP contribution in [0.1, 0.15) is 32.6 Å². The summed E-state index contributed by atoms with van der Waals surface area (Å²) >= 11 is 0. The molecule has 2 amide bonds. The fourth-order valence-electron chi connectivity index (χ4n) is 2.91. The number of amides is 2. The summed E-state index contributed by atoms with van der Waals surface area (Å²) < 4.78 is 0. The lowest BCUT2D eigenvalue weighted by atomic mass is 10.0. The first kappa shape index (κ1) is 12.7. The van der Waals surface area contributed by atoms with Crippen LogP contribution in [0.5, 0.6) is 0 Å².